The van der Waals surface area contributed by atoms with Crippen LogP contribution in [0.15, 0.2) is 0 Å². The number of aromatic nitrogens is 1. The third-order valence-corrected chi connectivity index (χ3v) is 4.36. The van der Waals surface area contributed by atoms with Gasteiger partial charge in [0, 0.05) is 11.4 Å². The molecule has 0 fully saturated rings. The lowest BCUT2D eigenvalue weighted by molar-refractivity contribution is 0.446. The summed E-state index contributed by atoms with van der Waals surface area (Å²) >= 11 is 1.87. The molecule has 0 amide bonds. The highest BCUT2D eigenvalue weighted by Gasteiger charge is 2.21. The summed E-state index contributed by atoms with van der Waals surface area (Å²) in [6.07, 6.45) is 5.09. The fourth-order valence-corrected chi connectivity index (χ4v) is 3.29. The van der Waals surface area contributed by atoms with E-state index in [4.69, 9.17) is 4.98 Å². The Bertz CT molecular complexity index is 344. The zero-order chi connectivity index (χ0) is 11.5. The van der Waals surface area contributed by atoms with Gasteiger partial charge in [0.15, 0.2) is 5.13 Å². The second-order valence-corrected chi connectivity index (χ2v) is 6.26. The first kappa shape index (κ1) is 11.9. The molecule has 0 bridgehead atoms. The summed E-state index contributed by atoms with van der Waals surface area (Å²) in [4.78, 5) is 6.23. The molecule has 3 heteroatoms. The van der Waals surface area contributed by atoms with Gasteiger partial charge in [0.25, 0.3) is 0 Å². The molecule has 0 saturated heterocycles. The molecular formula is C13H22N2S. The monoisotopic (exact) mass is 238 g/mol. The van der Waals surface area contributed by atoms with Gasteiger partial charge in [-0.25, -0.2) is 4.98 Å². The molecule has 0 saturated carbocycles. The highest BCUT2D eigenvalue weighted by atomic mass is 32.1. The molecule has 1 atom stereocenters. The predicted octanol–water partition coefficient (Wildman–Crippen LogP) is 3.73. The van der Waals surface area contributed by atoms with Crippen LogP contribution in [0.4, 0.5) is 5.13 Å². The van der Waals surface area contributed by atoms with E-state index in [1.54, 1.807) is 0 Å². The van der Waals surface area contributed by atoms with Crippen molar-refractivity contribution in [2.45, 2.75) is 46.5 Å². The Labute approximate surface area is 102 Å². The van der Waals surface area contributed by atoms with Crippen LogP contribution >= 0.6 is 11.3 Å². The number of nitrogens with zero attached hydrogens (tertiary/aromatic N) is 1. The van der Waals surface area contributed by atoms with Crippen molar-refractivity contribution in [2.24, 2.45) is 11.8 Å². The average molecular weight is 238 g/mol. The van der Waals surface area contributed by atoms with E-state index < -0.39 is 0 Å². The molecule has 1 aromatic heterocycles. The molecule has 0 aromatic carbocycles. The minimum atomic E-state index is 0.685. The second kappa shape index (κ2) is 5.17. The van der Waals surface area contributed by atoms with Crippen molar-refractivity contribution in [1.29, 1.82) is 0 Å². The Hall–Kier alpha value is -0.570. The van der Waals surface area contributed by atoms with Gasteiger partial charge in [-0.2, -0.15) is 0 Å². The molecule has 0 aliphatic heterocycles. The van der Waals surface area contributed by atoms with Crippen LogP contribution in [0.25, 0.3) is 0 Å². The Balaban J connectivity index is 2.01. The minimum Gasteiger partial charge on any atom is -0.361 e. The first-order valence-corrected chi connectivity index (χ1v) is 7.23. The fraction of sp³-hybridized carbons (Fsp3) is 0.769. The van der Waals surface area contributed by atoms with Gasteiger partial charge < -0.3 is 5.32 Å². The van der Waals surface area contributed by atoms with E-state index in [0.29, 0.717) is 5.92 Å². The molecule has 90 valence electrons. The molecule has 1 unspecified atom stereocenters. The number of anilines is 1. The summed E-state index contributed by atoms with van der Waals surface area (Å²) in [6.45, 7) is 7.79. The van der Waals surface area contributed by atoms with Crippen LogP contribution in [0.1, 0.15) is 44.2 Å². The third kappa shape index (κ3) is 2.76. The van der Waals surface area contributed by atoms with E-state index >= 15 is 0 Å². The highest BCUT2D eigenvalue weighted by Crippen LogP contribution is 2.33. The van der Waals surface area contributed by atoms with Crippen LogP contribution in [0.5, 0.6) is 0 Å². The van der Waals surface area contributed by atoms with E-state index in [-0.39, 0.29) is 0 Å². The summed E-state index contributed by atoms with van der Waals surface area (Å²) in [5.41, 5.74) is 1.36. The summed E-state index contributed by atoms with van der Waals surface area (Å²) in [5, 5.41) is 4.58. The van der Waals surface area contributed by atoms with Gasteiger partial charge in [-0.1, -0.05) is 27.2 Å². The lowest BCUT2D eigenvalue weighted by atomic mass is 9.89. The Morgan fingerprint density at radius 3 is 3.00 bits per heavy atom. The van der Waals surface area contributed by atoms with E-state index in [2.05, 4.69) is 26.1 Å². The standard InChI is InChI=1S/C13H22N2S/c1-4-10-5-6-11-12(7-10)16-13(15-11)14-8-9(2)3/h9-10H,4-8H2,1-3H3,(H,14,15). The van der Waals surface area contributed by atoms with E-state index in [1.807, 2.05) is 11.3 Å². The van der Waals surface area contributed by atoms with Crippen molar-refractivity contribution in [3.8, 4) is 0 Å². The lowest BCUT2D eigenvalue weighted by Crippen LogP contribution is -2.11. The third-order valence-electron chi connectivity index (χ3n) is 3.28. The van der Waals surface area contributed by atoms with Gasteiger partial charge in [-0.05, 0) is 31.1 Å². The molecule has 1 aromatic rings. The van der Waals surface area contributed by atoms with Crippen LogP contribution in [-0.2, 0) is 12.8 Å². The summed E-state index contributed by atoms with van der Waals surface area (Å²) in [6, 6.07) is 0. The highest BCUT2D eigenvalue weighted by molar-refractivity contribution is 7.15. The SMILES string of the molecule is CCC1CCc2nc(NCC(C)C)sc2C1. The Morgan fingerprint density at radius 2 is 2.31 bits per heavy atom. The molecular weight excluding hydrogens is 216 g/mol. The smallest absolute Gasteiger partial charge is 0.183 e. The van der Waals surface area contributed by atoms with Gasteiger partial charge in [0.2, 0.25) is 0 Å². The number of fused-ring (bicyclic) bond motifs is 1. The number of nitrogens with one attached hydrogen (secondary N) is 1. The number of aryl methyl sites for hydroxylation is 1. The normalized spacial score (nSPS) is 19.9. The number of hydrogen-bond acceptors (Lipinski definition) is 3. The van der Waals surface area contributed by atoms with Gasteiger partial charge in [-0.3, -0.25) is 0 Å². The largest absolute Gasteiger partial charge is 0.361 e. The van der Waals surface area contributed by atoms with Crippen molar-refractivity contribution in [3.05, 3.63) is 10.6 Å². The molecule has 2 rings (SSSR count). The number of hydrogen-bond donors (Lipinski definition) is 1. The number of thiazole rings is 1. The Morgan fingerprint density at radius 1 is 1.50 bits per heavy atom. The molecule has 1 N–H and O–H groups in total. The zero-order valence-electron chi connectivity index (χ0n) is 10.5. The maximum Gasteiger partial charge on any atom is 0.183 e. The lowest BCUT2D eigenvalue weighted by Gasteiger charge is -2.18. The van der Waals surface area contributed by atoms with E-state index in [9.17, 15) is 0 Å². The Kier molecular flexibility index (Phi) is 3.85. The van der Waals surface area contributed by atoms with Crippen LogP contribution in [0.3, 0.4) is 0 Å². The van der Waals surface area contributed by atoms with Crippen LogP contribution < -0.4 is 5.32 Å². The fourth-order valence-electron chi connectivity index (χ4n) is 2.16. The maximum atomic E-state index is 4.70. The van der Waals surface area contributed by atoms with Crippen molar-refractivity contribution in [1.82, 2.24) is 4.98 Å². The van der Waals surface area contributed by atoms with Crippen molar-refractivity contribution in [3.63, 3.8) is 0 Å². The topological polar surface area (TPSA) is 24.9 Å². The molecule has 2 nitrogen and oxygen atoms in total. The average Bonchev–Trinajstić information content (AvgIpc) is 2.67. The quantitative estimate of drug-likeness (QED) is 0.864. The van der Waals surface area contributed by atoms with Crippen LogP contribution in [0, 0.1) is 11.8 Å². The molecule has 0 radical (unpaired) electrons. The number of rotatable bonds is 4. The van der Waals surface area contributed by atoms with Gasteiger partial charge in [-0.15, -0.1) is 11.3 Å². The van der Waals surface area contributed by atoms with Gasteiger partial charge >= 0.3 is 0 Å². The van der Waals surface area contributed by atoms with Crippen LogP contribution in [0.2, 0.25) is 0 Å². The maximum absolute atomic E-state index is 4.70. The molecule has 1 aliphatic carbocycles. The molecule has 16 heavy (non-hydrogen) atoms. The van der Waals surface area contributed by atoms with Crippen molar-refractivity contribution in [2.75, 3.05) is 11.9 Å². The van der Waals surface area contributed by atoms with Gasteiger partial charge in [0.1, 0.15) is 0 Å². The van der Waals surface area contributed by atoms with Crippen LogP contribution in [-0.4, -0.2) is 11.5 Å². The zero-order valence-corrected chi connectivity index (χ0v) is 11.4. The predicted molar refractivity (Wildman–Crippen MR) is 71.2 cm³/mol. The van der Waals surface area contributed by atoms with Gasteiger partial charge in [0.05, 0.1) is 5.69 Å². The summed E-state index contributed by atoms with van der Waals surface area (Å²) in [5.74, 6) is 1.58. The first-order valence-electron chi connectivity index (χ1n) is 6.41. The second-order valence-electron chi connectivity index (χ2n) is 5.18. The summed E-state index contributed by atoms with van der Waals surface area (Å²) < 4.78 is 0. The molecule has 1 heterocycles. The summed E-state index contributed by atoms with van der Waals surface area (Å²) in [7, 11) is 0. The first-order chi connectivity index (χ1) is 7.69. The minimum absolute atomic E-state index is 0.685. The van der Waals surface area contributed by atoms with E-state index in [1.165, 1.54) is 36.3 Å². The van der Waals surface area contributed by atoms with Crippen molar-refractivity contribution < 1.29 is 0 Å². The molecule has 1 aliphatic rings. The van der Waals surface area contributed by atoms with Crippen molar-refractivity contribution >= 4 is 16.5 Å². The van der Waals surface area contributed by atoms with E-state index in [0.717, 1.165) is 17.6 Å². The molecule has 0 spiro atoms.